The van der Waals surface area contributed by atoms with Gasteiger partial charge in [0, 0.05) is 32.3 Å². The van der Waals surface area contributed by atoms with E-state index in [1.807, 2.05) is 6.92 Å². The van der Waals surface area contributed by atoms with Crippen LogP contribution in [0, 0.1) is 15.9 Å². The van der Waals surface area contributed by atoms with E-state index in [0.717, 1.165) is 0 Å². The minimum absolute atomic E-state index is 0.00472. The van der Waals surface area contributed by atoms with E-state index in [1.54, 1.807) is 18.2 Å². The van der Waals surface area contributed by atoms with Crippen molar-refractivity contribution >= 4 is 43.2 Å². The number of nitrogens with zero attached hydrogens (tertiary/aromatic N) is 1. The molecule has 7 heteroatoms. The lowest BCUT2D eigenvalue weighted by Gasteiger charge is -2.17. The third-order valence-electron chi connectivity index (χ3n) is 2.96. The van der Waals surface area contributed by atoms with Gasteiger partial charge < -0.3 is 5.32 Å². The molecule has 21 heavy (non-hydrogen) atoms. The second-order valence-electron chi connectivity index (χ2n) is 4.45. The van der Waals surface area contributed by atoms with Crippen molar-refractivity contribution in [2.24, 2.45) is 0 Å². The summed E-state index contributed by atoms with van der Waals surface area (Å²) >= 11 is 6.49. The molecule has 0 heterocycles. The predicted molar refractivity (Wildman–Crippen MR) is 86.9 cm³/mol. The molecule has 0 aromatic heterocycles. The highest BCUT2D eigenvalue weighted by Gasteiger charge is 2.14. The van der Waals surface area contributed by atoms with Crippen LogP contribution >= 0.6 is 31.9 Å². The van der Waals surface area contributed by atoms with Crippen molar-refractivity contribution in [2.45, 2.75) is 13.0 Å². The Balaban J connectivity index is 2.23. The van der Waals surface area contributed by atoms with Gasteiger partial charge in [-0.15, -0.1) is 0 Å². The Morgan fingerprint density at radius 2 is 1.95 bits per heavy atom. The van der Waals surface area contributed by atoms with Crippen LogP contribution in [0.5, 0.6) is 0 Å². The van der Waals surface area contributed by atoms with E-state index in [4.69, 9.17) is 0 Å². The largest absolute Gasteiger partial charge is 0.377 e. The molecule has 4 nitrogen and oxygen atoms in total. The first-order chi connectivity index (χ1) is 9.88. The number of nitro benzene ring substituents is 1. The van der Waals surface area contributed by atoms with Gasteiger partial charge in [0.1, 0.15) is 5.82 Å². The molecule has 0 aliphatic carbocycles. The van der Waals surface area contributed by atoms with E-state index < -0.39 is 4.92 Å². The summed E-state index contributed by atoms with van der Waals surface area (Å²) in [6.45, 7) is 1.82. The summed E-state index contributed by atoms with van der Waals surface area (Å²) < 4.78 is 15.1. The lowest BCUT2D eigenvalue weighted by Crippen LogP contribution is -2.09. The van der Waals surface area contributed by atoms with Gasteiger partial charge in [0.25, 0.3) is 5.69 Å². The number of nitro groups is 1. The molecule has 0 aliphatic heterocycles. The monoisotopic (exact) mass is 416 g/mol. The zero-order valence-electron chi connectivity index (χ0n) is 10.9. The van der Waals surface area contributed by atoms with Gasteiger partial charge in [0.05, 0.1) is 11.0 Å². The average molecular weight is 418 g/mol. The molecule has 0 bridgehead atoms. The molecule has 2 aromatic rings. The lowest BCUT2D eigenvalue weighted by atomic mass is 10.1. The fourth-order valence-electron chi connectivity index (χ4n) is 1.90. The Morgan fingerprint density at radius 3 is 2.52 bits per heavy atom. The number of hydrogen-bond donors (Lipinski definition) is 1. The number of rotatable bonds is 4. The molecule has 0 radical (unpaired) electrons. The highest BCUT2D eigenvalue weighted by atomic mass is 79.9. The molecule has 110 valence electrons. The van der Waals surface area contributed by atoms with Crippen molar-refractivity contribution < 1.29 is 9.31 Å². The molecule has 0 saturated heterocycles. The number of benzene rings is 2. The van der Waals surface area contributed by atoms with Crippen LogP contribution < -0.4 is 5.32 Å². The summed E-state index contributed by atoms with van der Waals surface area (Å²) in [7, 11) is 0. The van der Waals surface area contributed by atoms with E-state index in [0.29, 0.717) is 20.2 Å². The molecular formula is C14H11Br2FN2O2. The highest BCUT2D eigenvalue weighted by Crippen LogP contribution is 2.31. The molecule has 0 spiro atoms. The van der Waals surface area contributed by atoms with Crippen LogP contribution in [0.4, 0.5) is 15.8 Å². The van der Waals surface area contributed by atoms with Crippen LogP contribution in [0.15, 0.2) is 45.3 Å². The van der Waals surface area contributed by atoms with E-state index in [1.165, 1.54) is 18.2 Å². The van der Waals surface area contributed by atoms with Crippen molar-refractivity contribution in [2.75, 3.05) is 5.32 Å². The minimum atomic E-state index is -0.466. The van der Waals surface area contributed by atoms with Crippen molar-refractivity contribution in [3.63, 3.8) is 0 Å². The van der Waals surface area contributed by atoms with Gasteiger partial charge in [-0.3, -0.25) is 10.1 Å². The summed E-state index contributed by atoms with van der Waals surface area (Å²) in [5, 5.41) is 13.8. The first-order valence-corrected chi connectivity index (χ1v) is 7.62. The Bertz CT molecular complexity index is 695. The quantitative estimate of drug-likeness (QED) is 0.532. The zero-order valence-corrected chi connectivity index (χ0v) is 14.1. The normalized spacial score (nSPS) is 12.0. The van der Waals surface area contributed by atoms with Gasteiger partial charge in [-0.2, -0.15) is 0 Å². The minimum Gasteiger partial charge on any atom is -0.377 e. The zero-order chi connectivity index (χ0) is 15.6. The van der Waals surface area contributed by atoms with E-state index in [9.17, 15) is 14.5 Å². The maximum Gasteiger partial charge on any atom is 0.270 e. The number of nitrogens with one attached hydrogen (secondary N) is 1. The third kappa shape index (κ3) is 3.79. The number of halogens is 3. The third-order valence-corrected chi connectivity index (χ3v) is 4.11. The number of hydrogen-bond acceptors (Lipinski definition) is 3. The Labute approximate surface area is 137 Å². The molecule has 0 aliphatic rings. The second-order valence-corrected chi connectivity index (χ2v) is 6.22. The first-order valence-electron chi connectivity index (χ1n) is 6.04. The van der Waals surface area contributed by atoms with Crippen molar-refractivity contribution in [1.29, 1.82) is 0 Å². The van der Waals surface area contributed by atoms with Crippen LogP contribution in [0.3, 0.4) is 0 Å². The molecule has 0 fully saturated rings. The molecule has 1 unspecified atom stereocenters. The van der Waals surface area contributed by atoms with Crippen LogP contribution in [0.2, 0.25) is 0 Å². The summed E-state index contributed by atoms with van der Waals surface area (Å²) in [5.74, 6) is -0.317. The van der Waals surface area contributed by atoms with Crippen LogP contribution in [0.1, 0.15) is 18.5 Å². The Hall–Kier alpha value is -1.47. The lowest BCUT2D eigenvalue weighted by molar-refractivity contribution is -0.384. The molecule has 1 N–H and O–H groups in total. The van der Waals surface area contributed by atoms with Crippen molar-refractivity contribution in [3.8, 4) is 0 Å². The second kappa shape index (κ2) is 6.53. The average Bonchev–Trinajstić information content (AvgIpc) is 2.40. The first kappa shape index (κ1) is 15.9. The maximum atomic E-state index is 13.9. The predicted octanol–water partition coefficient (Wildman–Crippen LogP) is 5.43. The standard InChI is InChI=1S/C14H11Br2FN2O2/c1-8(11-4-2-9(15)6-13(11)17)18-14-5-3-10(19(20)21)7-12(14)16/h2-8,18H,1H3. The molecule has 2 aromatic carbocycles. The molecule has 0 saturated carbocycles. The van der Waals surface area contributed by atoms with Crippen molar-refractivity contribution in [1.82, 2.24) is 0 Å². The van der Waals surface area contributed by atoms with Gasteiger partial charge in [0.2, 0.25) is 0 Å². The molecule has 2 rings (SSSR count). The highest BCUT2D eigenvalue weighted by molar-refractivity contribution is 9.10. The summed E-state index contributed by atoms with van der Waals surface area (Å²) in [5.41, 5.74) is 1.17. The number of non-ortho nitro benzene ring substituents is 1. The van der Waals surface area contributed by atoms with E-state index in [2.05, 4.69) is 37.2 Å². The summed E-state index contributed by atoms with van der Waals surface area (Å²) in [6.07, 6.45) is 0. The molecular weight excluding hydrogens is 407 g/mol. The van der Waals surface area contributed by atoms with Gasteiger partial charge in [0.15, 0.2) is 0 Å². The van der Waals surface area contributed by atoms with Crippen LogP contribution in [-0.4, -0.2) is 4.92 Å². The fraction of sp³-hybridized carbons (Fsp3) is 0.143. The Kier molecular flexibility index (Phi) is 4.95. The van der Waals surface area contributed by atoms with Crippen LogP contribution in [-0.2, 0) is 0 Å². The summed E-state index contributed by atoms with van der Waals surface area (Å²) in [6, 6.07) is 8.98. The topological polar surface area (TPSA) is 55.2 Å². The Morgan fingerprint density at radius 1 is 1.24 bits per heavy atom. The van der Waals surface area contributed by atoms with Gasteiger partial charge in [-0.05, 0) is 41.1 Å². The van der Waals surface area contributed by atoms with Crippen molar-refractivity contribution in [3.05, 3.63) is 66.8 Å². The smallest absolute Gasteiger partial charge is 0.270 e. The maximum absolute atomic E-state index is 13.9. The molecule has 1 atom stereocenters. The van der Waals surface area contributed by atoms with E-state index in [-0.39, 0.29) is 17.5 Å². The number of anilines is 1. The summed E-state index contributed by atoms with van der Waals surface area (Å²) in [4.78, 5) is 10.2. The fourth-order valence-corrected chi connectivity index (χ4v) is 2.71. The van der Waals surface area contributed by atoms with Gasteiger partial charge in [-0.25, -0.2) is 4.39 Å². The van der Waals surface area contributed by atoms with E-state index >= 15 is 0 Å². The SMILES string of the molecule is CC(Nc1ccc([N+](=O)[O-])cc1Br)c1ccc(Br)cc1F. The van der Waals surface area contributed by atoms with Gasteiger partial charge in [-0.1, -0.05) is 22.0 Å². The van der Waals surface area contributed by atoms with Gasteiger partial charge >= 0.3 is 0 Å². The van der Waals surface area contributed by atoms with Crippen LogP contribution in [0.25, 0.3) is 0 Å². The molecule has 0 amide bonds.